The summed E-state index contributed by atoms with van der Waals surface area (Å²) in [5.74, 6) is 0.755. The summed E-state index contributed by atoms with van der Waals surface area (Å²) in [5, 5.41) is 0. The molecule has 1 spiro atoms. The van der Waals surface area contributed by atoms with Gasteiger partial charge in [0.1, 0.15) is 11.7 Å². The molecular weight excluding hydrogens is 136 g/mol. The molecule has 1 heterocycles. The topological polar surface area (TPSA) is 12.5 Å². The molecule has 0 amide bonds. The molecule has 0 aromatic heterocycles. The van der Waals surface area contributed by atoms with E-state index in [0.717, 1.165) is 5.92 Å². The van der Waals surface area contributed by atoms with Crippen LogP contribution >= 0.6 is 0 Å². The van der Waals surface area contributed by atoms with Crippen LogP contribution in [0.5, 0.6) is 0 Å². The number of hydrogen-bond donors (Lipinski definition) is 0. The minimum atomic E-state index is 0.203. The van der Waals surface area contributed by atoms with Crippen molar-refractivity contribution in [2.45, 2.75) is 31.5 Å². The van der Waals surface area contributed by atoms with Crippen molar-refractivity contribution in [1.29, 1.82) is 0 Å². The summed E-state index contributed by atoms with van der Waals surface area (Å²) in [5.41, 5.74) is 1.75. The Morgan fingerprint density at radius 3 is 3.36 bits per heavy atom. The van der Waals surface area contributed by atoms with Crippen molar-refractivity contribution in [1.82, 2.24) is 0 Å². The summed E-state index contributed by atoms with van der Waals surface area (Å²) in [6.07, 6.45) is 9.57. The van der Waals surface area contributed by atoms with Crippen LogP contribution in [0.25, 0.3) is 0 Å². The second-order valence-electron chi connectivity index (χ2n) is 3.87. The van der Waals surface area contributed by atoms with Gasteiger partial charge >= 0.3 is 0 Å². The van der Waals surface area contributed by atoms with E-state index < -0.39 is 0 Å². The number of epoxide rings is 1. The van der Waals surface area contributed by atoms with E-state index in [1.807, 2.05) is 0 Å². The zero-order valence-electron chi connectivity index (χ0n) is 6.71. The smallest absolute Gasteiger partial charge is 0.120 e. The Morgan fingerprint density at radius 2 is 2.55 bits per heavy atom. The van der Waals surface area contributed by atoms with Gasteiger partial charge in [0.25, 0.3) is 0 Å². The van der Waals surface area contributed by atoms with Crippen LogP contribution in [0.1, 0.15) is 19.8 Å². The molecule has 0 aromatic rings. The maximum atomic E-state index is 5.70. The van der Waals surface area contributed by atoms with E-state index in [0.29, 0.717) is 6.10 Å². The van der Waals surface area contributed by atoms with Gasteiger partial charge in [0, 0.05) is 0 Å². The molecule has 3 atom stereocenters. The normalized spacial score (nSPS) is 51.5. The number of ether oxygens (including phenoxy) is 1. The van der Waals surface area contributed by atoms with Gasteiger partial charge in [-0.25, -0.2) is 0 Å². The van der Waals surface area contributed by atoms with Gasteiger partial charge < -0.3 is 4.74 Å². The van der Waals surface area contributed by atoms with Gasteiger partial charge in [-0.1, -0.05) is 25.2 Å². The molecule has 1 saturated carbocycles. The molecule has 3 aliphatic rings. The molecule has 2 aliphatic carbocycles. The van der Waals surface area contributed by atoms with E-state index >= 15 is 0 Å². The first-order valence-electron chi connectivity index (χ1n) is 4.40. The van der Waals surface area contributed by atoms with Crippen LogP contribution in [0.4, 0.5) is 0 Å². The minimum Gasteiger partial charge on any atom is -0.357 e. The van der Waals surface area contributed by atoms with Gasteiger partial charge in [-0.15, -0.1) is 0 Å². The summed E-state index contributed by atoms with van der Waals surface area (Å²) >= 11 is 0. The first kappa shape index (κ1) is 6.01. The molecule has 11 heavy (non-hydrogen) atoms. The molecule has 1 nitrogen and oxygen atoms in total. The Morgan fingerprint density at radius 1 is 1.64 bits per heavy atom. The summed E-state index contributed by atoms with van der Waals surface area (Å²) < 4.78 is 5.70. The quantitative estimate of drug-likeness (QED) is 0.479. The Labute approximate surface area is 66.7 Å². The predicted molar refractivity (Wildman–Crippen MR) is 43.2 cm³/mol. The molecule has 0 N–H and O–H groups in total. The number of hydrogen-bond acceptors (Lipinski definition) is 1. The summed E-state index contributed by atoms with van der Waals surface area (Å²) in [6.45, 7) is 2.30. The van der Waals surface area contributed by atoms with E-state index in [2.05, 4.69) is 25.2 Å². The largest absolute Gasteiger partial charge is 0.357 e. The van der Waals surface area contributed by atoms with Crippen LogP contribution < -0.4 is 0 Å². The first-order valence-corrected chi connectivity index (χ1v) is 4.40. The van der Waals surface area contributed by atoms with Gasteiger partial charge in [-0.3, -0.25) is 0 Å². The molecule has 2 fully saturated rings. The highest BCUT2D eigenvalue weighted by molar-refractivity contribution is 5.42. The van der Waals surface area contributed by atoms with E-state index in [1.165, 1.54) is 12.8 Å². The van der Waals surface area contributed by atoms with Crippen LogP contribution in [-0.2, 0) is 4.74 Å². The van der Waals surface area contributed by atoms with Crippen LogP contribution in [0.3, 0.4) is 0 Å². The van der Waals surface area contributed by atoms with Gasteiger partial charge in [0.05, 0.1) is 0 Å². The summed E-state index contributed by atoms with van der Waals surface area (Å²) in [7, 11) is 0. The SMILES string of the molecule is CC1CCC23OC2C=CC=C13. The minimum absolute atomic E-state index is 0.203. The lowest BCUT2D eigenvalue weighted by Crippen LogP contribution is -2.14. The molecule has 3 unspecified atom stereocenters. The standard InChI is InChI=1S/C10H12O/c1-7-5-6-10-8(7)3-2-4-9(10)11-10/h2-4,7,9H,5-6H2,1H3. The fourth-order valence-corrected chi connectivity index (χ4v) is 2.53. The highest BCUT2D eigenvalue weighted by atomic mass is 16.6. The first-order chi connectivity index (χ1) is 5.33. The average molecular weight is 148 g/mol. The second-order valence-corrected chi connectivity index (χ2v) is 3.87. The molecule has 58 valence electrons. The van der Waals surface area contributed by atoms with Crippen molar-refractivity contribution in [3.8, 4) is 0 Å². The van der Waals surface area contributed by atoms with Gasteiger partial charge in [0.2, 0.25) is 0 Å². The van der Waals surface area contributed by atoms with Crippen LogP contribution in [-0.4, -0.2) is 11.7 Å². The number of rotatable bonds is 0. The fourth-order valence-electron chi connectivity index (χ4n) is 2.53. The Kier molecular flexibility index (Phi) is 0.880. The van der Waals surface area contributed by atoms with Crippen molar-refractivity contribution in [3.05, 3.63) is 23.8 Å². The van der Waals surface area contributed by atoms with E-state index in [-0.39, 0.29) is 5.60 Å². The van der Waals surface area contributed by atoms with E-state index in [1.54, 1.807) is 5.57 Å². The predicted octanol–water partition coefficient (Wildman–Crippen LogP) is 2.05. The summed E-state index contributed by atoms with van der Waals surface area (Å²) in [6, 6.07) is 0. The molecule has 0 radical (unpaired) electrons. The third-order valence-corrected chi connectivity index (χ3v) is 3.27. The maximum absolute atomic E-state index is 5.70. The lowest BCUT2D eigenvalue weighted by Gasteiger charge is -2.10. The van der Waals surface area contributed by atoms with Crippen LogP contribution in [0.15, 0.2) is 23.8 Å². The van der Waals surface area contributed by atoms with Gasteiger partial charge in [0.15, 0.2) is 0 Å². The van der Waals surface area contributed by atoms with Crippen LogP contribution in [0, 0.1) is 5.92 Å². The molecule has 0 aromatic carbocycles. The molecular formula is C10H12O. The van der Waals surface area contributed by atoms with Crippen molar-refractivity contribution in [2.24, 2.45) is 5.92 Å². The van der Waals surface area contributed by atoms with E-state index in [9.17, 15) is 0 Å². The molecule has 1 saturated heterocycles. The van der Waals surface area contributed by atoms with Crippen molar-refractivity contribution >= 4 is 0 Å². The van der Waals surface area contributed by atoms with E-state index in [4.69, 9.17) is 4.74 Å². The third kappa shape index (κ3) is 0.564. The zero-order chi connectivity index (χ0) is 7.47. The molecule has 1 aliphatic heterocycles. The Hall–Kier alpha value is -0.560. The third-order valence-electron chi connectivity index (χ3n) is 3.27. The Bertz CT molecular complexity index is 264. The fraction of sp³-hybridized carbons (Fsp3) is 0.600. The highest BCUT2D eigenvalue weighted by Crippen LogP contribution is 2.57. The summed E-state index contributed by atoms with van der Waals surface area (Å²) in [4.78, 5) is 0. The Balaban J connectivity index is 2.09. The van der Waals surface area contributed by atoms with Crippen LogP contribution in [0.2, 0.25) is 0 Å². The molecule has 3 rings (SSSR count). The monoisotopic (exact) mass is 148 g/mol. The lowest BCUT2D eigenvalue weighted by molar-refractivity contribution is 0.334. The lowest BCUT2D eigenvalue weighted by atomic mass is 9.91. The number of allylic oxidation sites excluding steroid dienone is 2. The molecule has 0 bridgehead atoms. The second kappa shape index (κ2) is 1.61. The van der Waals surface area contributed by atoms with Crippen molar-refractivity contribution < 1.29 is 4.74 Å². The maximum Gasteiger partial charge on any atom is 0.120 e. The van der Waals surface area contributed by atoms with Crippen molar-refractivity contribution in [3.63, 3.8) is 0 Å². The average Bonchev–Trinajstić information content (AvgIpc) is 2.66. The van der Waals surface area contributed by atoms with Crippen molar-refractivity contribution in [2.75, 3.05) is 0 Å². The zero-order valence-corrected chi connectivity index (χ0v) is 6.71. The van der Waals surface area contributed by atoms with Gasteiger partial charge in [-0.2, -0.15) is 0 Å². The van der Waals surface area contributed by atoms with Gasteiger partial charge in [-0.05, 0) is 24.3 Å². The highest BCUT2D eigenvalue weighted by Gasteiger charge is 2.61. The molecule has 1 heteroatoms.